The molecule has 0 bridgehead atoms. The Labute approximate surface area is 123 Å². The van der Waals surface area contributed by atoms with Crippen molar-refractivity contribution in [2.24, 2.45) is 0 Å². The SMILES string of the molecule is OC(Cc1c(F)cccc1Cl)c1ccc(Br)cc1F. The second-order valence-corrected chi connectivity index (χ2v) is 5.41. The minimum atomic E-state index is -1.15. The maximum absolute atomic E-state index is 13.7. The van der Waals surface area contributed by atoms with Crippen molar-refractivity contribution in [1.82, 2.24) is 0 Å². The van der Waals surface area contributed by atoms with E-state index in [0.29, 0.717) is 4.47 Å². The van der Waals surface area contributed by atoms with Crippen molar-refractivity contribution < 1.29 is 13.9 Å². The molecular weight excluding hydrogens is 338 g/mol. The molecule has 2 rings (SSSR count). The molecule has 19 heavy (non-hydrogen) atoms. The van der Waals surface area contributed by atoms with Crippen LogP contribution in [0, 0.1) is 11.6 Å². The topological polar surface area (TPSA) is 20.2 Å². The van der Waals surface area contributed by atoms with E-state index in [0.717, 1.165) is 0 Å². The highest BCUT2D eigenvalue weighted by Crippen LogP contribution is 2.28. The standard InChI is InChI=1S/C14H10BrClF2O/c15-8-4-5-9(13(18)6-8)14(19)7-10-11(16)2-1-3-12(10)17/h1-6,14,19H,7H2. The Hall–Kier alpha value is -0.970. The highest BCUT2D eigenvalue weighted by atomic mass is 79.9. The van der Waals surface area contributed by atoms with Gasteiger partial charge in [-0.2, -0.15) is 0 Å². The monoisotopic (exact) mass is 346 g/mol. The van der Waals surface area contributed by atoms with Gasteiger partial charge >= 0.3 is 0 Å². The number of benzene rings is 2. The molecule has 0 aliphatic rings. The first-order chi connectivity index (χ1) is 8.99. The Balaban J connectivity index is 2.28. The van der Waals surface area contributed by atoms with Crippen LogP contribution in [-0.2, 0) is 6.42 Å². The summed E-state index contributed by atoms with van der Waals surface area (Å²) in [4.78, 5) is 0. The van der Waals surface area contributed by atoms with E-state index in [2.05, 4.69) is 15.9 Å². The van der Waals surface area contributed by atoms with Gasteiger partial charge in [0.1, 0.15) is 11.6 Å². The zero-order valence-corrected chi connectivity index (χ0v) is 12.0. The molecule has 0 heterocycles. The van der Waals surface area contributed by atoms with E-state index in [-0.39, 0.29) is 22.6 Å². The molecule has 0 aliphatic heterocycles. The number of rotatable bonds is 3. The summed E-state index contributed by atoms with van der Waals surface area (Å²) in [5.41, 5.74) is 0.293. The molecule has 0 aromatic heterocycles. The number of aliphatic hydroxyl groups is 1. The Morgan fingerprint density at radius 1 is 1.16 bits per heavy atom. The van der Waals surface area contributed by atoms with E-state index >= 15 is 0 Å². The fraction of sp³-hybridized carbons (Fsp3) is 0.143. The van der Waals surface area contributed by atoms with E-state index < -0.39 is 17.7 Å². The lowest BCUT2D eigenvalue weighted by Gasteiger charge is -2.14. The van der Waals surface area contributed by atoms with Gasteiger partial charge in [0.2, 0.25) is 0 Å². The lowest BCUT2D eigenvalue weighted by atomic mass is 10.0. The van der Waals surface area contributed by atoms with Gasteiger partial charge in [0, 0.05) is 27.0 Å². The minimum absolute atomic E-state index is 0.0793. The zero-order chi connectivity index (χ0) is 14.0. The highest BCUT2D eigenvalue weighted by Gasteiger charge is 2.17. The summed E-state index contributed by atoms with van der Waals surface area (Å²) in [7, 11) is 0. The van der Waals surface area contributed by atoms with E-state index in [4.69, 9.17) is 11.6 Å². The molecule has 0 aliphatic carbocycles. The predicted octanol–water partition coefficient (Wildman–Crippen LogP) is 4.66. The number of hydrogen-bond donors (Lipinski definition) is 1. The molecule has 1 nitrogen and oxygen atoms in total. The Kier molecular flexibility index (Phi) is 4.55. The maximum atomic E-state index is 13.7. The molecule has 0 saturated carbocycles. The Bertz CT molecular complexity index is 584. The summed E-state index contributed by atoms with van der Waals surface area (Å²) >= 11 is 9.01. The molecule has 2 aromatic carbocycles. The third-order valence-corrected chi connectivity index (χ3v) is 3.63. The van der Waals surface area contributed by atoms with E-state index in [1.54, 1.807) is 6.07 Å². The van der Waals surface area contributed by atoms with E-state index in [1.165, 1.54) is 30.3 Å². The summed E-state index contributed by atoms with van der Waals surface area (Å²) in [6.07, 6.45) is -1.23. The Morgan fingerprint density at radius 2 is 1.89 bits per heavy atom. The van der Waals surface area contributed by atoms with Gasteiger partial charge in [0.15, 0.2) is 0 Å². The van der Waals surface area contributed by atoms with Gasteiger partial charge in [-0.15, -0.1) is 0 Å². The smallest absolute Gasteiger partial charge is 0.130 e. The van der Waals surface area contributed by atoms with Gasteiger partial charge in [-0.05, 0) is 24.3 Å². The Morgan fingerprint density at radius 3 is 2.53 bits per heavy atom. The molecule has 1 unspecified atom stereocenters. The van der Waals surface area contributed by atoms with Gasteiger partial charge in [-0.3, -0.25) is 0 Å². The molecule has 2 aromatic rings. The van der Waals surface area contributed by atoms with Gasteiger partial charge in [0.25, 0.3) is 0 Å². The first-order valence-corrected chi connectivity index (χ1v) is 6.72. The molecule has 0 fully saturated rings. The fourth-order valence-electron chi connectivity index (χ4n) is 1.80. The van der Waals surface area contributed by atoms with Crippen LogP contribution >= 0.6 is 27.5 Å². The van der Waals surface area contributed by atoms with E-state index in [9.17, 15) is 13.9 Å². The highest BCUT2D eigenvalue weighted by molar-refractivity contribution is 9.10. The van der Waals surface area contributed by atoms with Crippen molar-refractivity contribution in [3.05, 3.63) is 68.7 Å². The van der Waals surface area contributed by atoms with Crippen LogP contribution in [0.15, 0.2) is 40.9 Å². The van der Waals surface area contributed by atoms with Gasteiger partial charge < -0.3 is 5.11 Å². The summed E-state index contributed by atoms with van der Waals surface area (Å²) in [6, 6.07) is 8.59. The molecule has 0 amide bonds. The largest absolute Gasteiger partial charge is 0.388 e. The van der Waals surface area contributed by atoms with Gasteiger partial charge in [-0.1, -0.05) is 39.7 Å². The van der Waals surface area contributed by atoms with Crippen molar-refractivity contribution in [2.75, 3.05) is 0 Å². The van der Waals surface area contributed by atoms with Crippen LogP contribution < -0.4 is 0 Å². The maximum Gasteiger partial charge on any atom is 0.130 e. The summed E-state index contributed by atoms with van der Waals surface area (Å²) < 4.78 is 27.9. The van der Waals surface area contributed by atoms with Crippen LogP contribution in [-0.4, -0.2) is 5.11 Å². The molecular formula is C14H10BrClF2O. The van der Waals surface area contributed by atoms with Crippen LogP contribution in [0.25, 0.3) is 0 Å². The molecule has 0 radical (unpaired) electrons. The second-order valence-electron chi connectivity index (χ2n) is 4.09. The summed E-state index contributed by atoms with van der Waals surface area (Å²) in [6.45, 7) is 0. The van der Waals surface area contributed by atoms with Crippen molar-refractivity contribution in [1.29, 1.82) is 0 Å². The first-order valence-electron chi connectivity index (χ1n) is 5.55. The molecule has 0 spiro atoms. The van der Waals surface area contributed by atoms with Crippen molar-refractivity contribution in [2.45, 2.75) is 12.5 Å². The molecule has 1 N–H and O–H groups in total. The zero-order valence-electron chi connectivity index (χ0n) is 9.71. The van der Waals surface area contributed by atoms with Crippen LogP contribution in [0.5, 0.6) is 0 Å². The van der Waals surface area contributed by atoms with Crippen LogP contribution in [0.2, 0.25) is 5.02 Å². The predicted molar refractivity (Wildman–Crippen MR) is 74.2 cm³/mol. The van der Waals surface area contributed by atoms with Gasteiger partial charge in [0.05, 0.1) is 6.10 Å². The number of aliphatic hydroxyl groups excluding tert-OH is 1. The molecule has 5 heteroatoms. The average Bonchev–Trinajstić information content (AvgIpc) is 2.33. The van der Waals surface area contributed by atoms with Crippen molar-refractivity contribution in [3.63, 3.8) is 0 Å². The average molecular weight is 348 g/mol. The third kappa shape index (κ3) is 3.32. The van der Waals surface area contributed by atoms with Crippen LogP contribution in [0.4, 0.5) is 8.78 Å². The van der Waals surface area contributed by atoms with Crippen LogP contribution in [0.1, 0.15) is 17.2 Å². The quantitative estimate of drug-likeness (QED) is 0.856. The summed E-state index contributed by atoms with van der Waals surface area (Å²) in [5.74, 6) is -1.06. The summed E-state index contributed by atoms with van der Waals surface area (Å²) in [5, 5.41) is 10.2. The molecule has 0 saturated heterocycles. The minimum Gasteiger partial charge on any atom is -0.388 e. The lowest BCUT2D eigenvalue weighted by Crippen LogP contribution is -2.06. The van der Waals surface area contributed by atoms with Gasteiger partial charge in [-0.25, -0.2) is 8.78 Å². The molecule has 100 valence electrons. The molecule has 1 atom stereocenters. The van der Waals surface area contributed by atoms with Crippen molar-refractivity contribution in [3.8, 4) is 0 Å². The van der Waals surface area contributed by atoms with Crippen LogP contribution in [0.3, 0.4) is 0 Å². The first kappa shape index (κ1) is 14.4. The number of halogens is 4. The second kappa shape index (κ2) is 5.99. The normalized spacial score (nSPS) is 12.5. The lowest BCUT2D eigenvalue weighted by molar-refractivity contribution is 0.172. The number of hydrogen-bond acceptors (Lipinski definition) is 1. The van der Waals surface area contributed by atoms with Crippen molar-refractivity contribution >= 4 is 27.5 Å². The fourth-order valence-corrected chi connectivity index (χ4v) is 2.38. The third-order valence-electron chi connectivity index (χ3n) is 2.78. The van der Waals surface area contributed by atoms with E-state index in [1.807, 2.05) is 0 Å².